The summed E-state index contributed by atoms with van der Waals surface area (Å²) in [4.78, 5) is 14.4. The second-order valence-corrected chi connectivity index (χ2v) is 11.0. The van der Waals surface area contributed by atoms with Crippen LogP contribution in [0.1, 0.15) is 51.9 Å². The monoisotopic (exact) mass is 499 g/mol. The van der Waals surface area contributed by atoms with E-state index >= 15 is 0 Å². The molecule has 196 valence electrons. The number of carbonyl (C=O) groups is 1. The number of hydrazone groups is 2. The normalized spacial score (nSPS) is 32.3. The Kier molecular flexibility index (Phi) is 6.28. The molecule has 1 amide bonds. The number of alkyl carbamates (subject to hydrolysis) is 1. The number of carbonyl (C=O) groups excluding carboxylic acids is 1. The second kappa shape index (κ2) is 9.59. The molecule has 4 aliphatic heterocycles. The van der Waals surface area contributed by atoms with Gasteiger partial charge in [0.25, 0.3) is 0 Å². The van der Waals surface area contributed by atoms with Gasteiger partial charge in [-0.05, 0) is 57.4 Å². The molecule has 4 unspecified atom stereocenters. The Morgan fingerprint density at radius 1 is 1.31 bits per heavy atom. The summed E-state index contributed by atoms with van der Waals surface area (Å²) >= 11 is 0. The van der Waals surface area contributed by atoms with Gasteiger partial charge >= 0.3 is 6.09 Å². The van der Waals surface area contributed by atoms with Gasteiger partial charge in [0.2, 0.25) is 0 Å². The highest BCUT2D eigenvalue weighted by Crippen LogP contribution is 2.36. The van der Waals surface area contributed by atoms with Crippen molar-refractivity contribution < 1.29 is 19.0 Å². The lowest BCUT2D eigenvalue weighted by Gasteiger charge is -2.27. The third kappa shape index (κ3) is 5.04. The standard InChI is InChI=1S/C25H37N7O4/c1-25(8-9-25)27-24(33)36-17-6-5-16(12-17)20-13-21(29-28-20)26-19-4-3-10-32-22(30-31(2)23(19)32)15-35-18-7-11-34-14-18/h3-4,16-18,20,28H,5-15H2,1-2H3,(H,26,29)(H,27,33). The minimum atomic E-state index is -0.273. The molecule has 2 aliphatic carbocycles. The van der Waals surface area contributed by atoms with Crippen LogP contribution in [0.4, 0.5) is 4.79 Å². The van der Waals surface area contributed by atoms with Gasteiger partial charge in [0, 0.05) is 32.2 Å². The number of hydrogen-bond acceptors (Lipinski definition) is 10. The highest BCUT2D eigenvalue weighted by Gasteiger charge is 2.41. The smallest absolute Gasteiger partial charge is 0.407 e. The first-order chi connectivity index (χ1) is 17.5. The number of allylic oxidation sites excluding steroid dienone is 1. The molecule has 6 aliphatic rings. The summed E-state index contributed by atoms with van der Waals surface area (Å²) in [6, 6.07) is 0.245. The zero-order valence-electron chi connectivity index (χ0n) is 21.2. The fourth-order valence-corrected chi connectivity index (χ4v) is 5.63. The molecule has 6 rings (SSSR count). The van der Waals surface area contributed by atoms with Gasteiger partial charge < -0.3 is 35.2 Å². The molecule has 3 fully saturated rings. The maximum Gasteiger partial charge on any atom is 0.407 e. The molecule has 0 bridgehead atoms. The molecule has 11 heteroatoms. The lowest BCUT2D eigenvalue weighted by Crippen LogP contribution is -2.38. The molecule has 0 aromatic rings. The van der Waals surface area contributed by atoms with E-state index < -0.39 is 0 Å². The van der Waals surface area contributed by atoms with Crippen molar-refractivity contribution in [2.45, 2.75) is 75.7 Å². The van der Waals surface area contributed by atoms with Gasteiger partial charge in [-0.15, -0.1) is 0 Å². The van der Waals surface area contributed by atoms with E-state index in [1.807, 2.05) is 12.1 Å². The van der Waals surface area contributed by atoms with E-state index in [-0.39, 0.29) is 29.9 Å². The fourth-order valence-electron chi connectivity index (χ4n) is 5.63. The highest BCUT2D eigenvalue weighted by atomic mass is 16.6. The van der Waals surface area contributed by atoms with Gasteiger partial charge in [-0.1, -0.05) is 6.08 Å². The molecule has 0 aromatic carbocycles. The Bertz CT molecular complexity index is 998. The number of amidine groups is 2. The zero-order valence-corrected chi connectivity index (χ0v) is 21.2. The Hall–Kier alpha value is -2.79. The van der Waals surface area contributed by atoms with E-state index in [0.717, 1.165) is 81.3 Å². The first kappa shape index (κ1) is 23.6. The zero-order chi connectivity index (χ0) is 24.7. The minimum absolute atomic E-state index is 0.0170. The molecule has 4 atom stereocenters. The number of fused-ring (bicyclic) bond motifs is 1. The molecule has 4 heterocycles. The van der Waals surface area contributed by atoms with Crippen LogP contribution in [0.3, 0.4) is 0 Å². The second-order valence-electron chi connectivity index (χ2n) is 11.0. The molecular formula is C25H37N7O4. The Labute approximate surface area is 211 Å². The maximum atomic E-state index is 12.2. The van der Waals surface area contributed by atoms with Crippen molar-refractivity contribution in [2.75, 3.05) is 33.4 Å². The number of nitrogens with one attached hydrogen (secondary N) is 3. The fraction of sp³-hybridized carbons (Fsp3) is 0.720. The molecule has 11 nitrogen and oxygen atoms in total. The molecule has 2 saturated carbocycles. The average molecular weight is 500 g/mol. The summed E-state index contributed by atoms with van der Waals surface area (Å²) in [6.45, 7) is 4.72. The van der Waals surface area contributed by atoms with Gasteiger partial charge in [-0.3, -0.25) is 0 Å². The first-order valence-electron chi connectivity index (χ1n) is 13.2. The Morgan fingerprint density at radius 3 is 3.00 bits per heavy atom. The SMILES string of the molecule is CN1N=C(COC2CCOC2)N2CC=CC(NC3=NNC(C4CCC(OC(=O)NC5(C)CC5)C4)C3)=C12. The van der Waals surface area contributed by atoms with Crippen molar-refractivity contribution in [1.82, 2.24) is 26.0 Å². The lowest BCUT2D eigenvalue weighted by molar-refractivity contribution is 0.0634. The number of rotatable bonds is 7. The molecule has 3 N–H and O–H groups in total. The summed E-state index contributed by atoms with van der Waals surface area (Å²) in [6.07, 6.45) is 10.7. The first-order valence-corrected chi connectivity index (χ1v) is 13.2. The van der Waals surface area contributed by atoms with Crippen molar-refractivity contribution in [1.29, 1.82) is 0 Å². The maximum absolute atomic E-state index is 12.2. The molecule has 36 heavy (non-hydrogen) atoms. The van der Waals surface area contributed by atoms with E-state index in [4.69, 9.17) is 19.3 Å². The molecular weight excluding hydrogens is 462 g/mol. The highest BCUT2D eigenvalue weighted by molar-refractivity contribution is 5.89. The Morgan fingerprint density at radius 2 is 2.19 bits per heavy atom. The van der Waals surface area contributed by atoms with Crippen molar-refractivity contribution in [3.8, 4) is 0 Å². The predicted octanol–water partition coefficient (Wildman–Crippen LogP) is 1.80. The van der Waals surface area contributed by atoms with E-state index in [2.05, 4.69) is 45.1 Å². The van der Waals surface area contributed by atoms with Crippen LogP contribution in [0.25, 0.3) is 0 Å². The largest absolute Gasteiger partial charge is 0.446 e. The van der Waals surface area contributed by atoms with Crippen LogP contribution in [0, 0.1) is 5.92 Å². The van der Waals surface area contributed by atoms with Crippen LogP contribution in [-0.4, -0.2) is 84.9 Å². The topological polar surface area (TPSA) is 112 Å². The van der Waals surface area contributed by atoms with Gasteiger partial charge in [0.05, 0.1) is 24.4 Å². The van der Waals surface area contributed by atoms with E-state index in [1.165, 1.54) is 0 Å². The molecule has 0 spiro atoms. The third-order valence-corrected chi connectivity index (χ3v) is 8.02. The van der Waals surface area contributed by atoms with E-state index in [9.17, 15) is 4.79 Å². The quantitative estimate of drug-likeness (QED) is 0.486. The molecule has 0 radical (unpaired) electrons. The number of hydrogen-bond donors (Lipinski definition) is 3. The van der Waals surface area contributed by atoms with Crippen LogP contribution >= 0.6 is 0 Å². The van der Waals surface area contributed by atoms with Crippen LogP contribution in [-0.2, 0) is 14.2 Å². The van der Waals surface area contributed by atoms with E-state index in [0.29, 0.717) is 19.1 Å². The summed E-state index contributed by atoms with van der Waals surface area (Å²) in [7, 11) is 1.96. The third-order valence-electron chi connectivity index (χ3n) is 8.02. The average Bonchev–Trinajstić information content (AvgIpc) is 3.40. The Balaban J connectivity index is 1.00. The van der Waals surface area contributed by atoms with Crippen LogP contribution < -0.4 is 16.1 Å². The van der Waals surface area contributed by atoms with Gasteiger partial charge in [-0.2, -0.15) is 10.2 Å². The van der Waals surface area contributed by atoms with Crippen LogP contribution in [0.5, 0.6) is 0 Å². The van der Waals surface area contributed by atoms with Crippen molar-refractivity contribution in [3.63, 3.8) is 0 Å². The summed E-state index contributed by atoms with van der Waals surface area (Å²) in [5.41, 5.74) is 4.25. The van der Waals surface area contributed by atoms with Crippen molar-refractivity contribution in [3.05, 3.63) is 23.7 Å². The number of nitrogens with zero attached hydrogens (tertiary/aromatic N) is 4. The lowest BCUT2D eigenvalue weighted by atomic mass is 9.96. The van der Waals surface area contributed by atoms with Crippen molar-refractivity contribution in [2.24, 2.45) is 16.1 Å². The summed E-state index contributed by atoms with van der Waals surface area (Å²) in [5.74, 6) is 3.26. The number of ether oxygens (including phenoxy) is 3. The van der Waals surface area contributed by atoms with Gasteiger partial charge in [0.15, 0.2) is 11.7 Å². The molecule has 1 saturated heterocycles. The summed E-state index contributed by atoms with van der Waals surface area (Å²) < 4.78 is 17.1. The van der Waals surface area contributed by atoms with Crippen molar-refractivity contribution >= 4 is 17.8 Å². The predicted molar refractivity (Wildman–Crippen MR) is 134 cm³/mol. The van der Waals surface area contributed by atoms with E-state index in [1.54, 1.807) is 0 Å². The van der Waals surface area contributed by atoms with Gasteiger partial charge in [-0.25, -0.2) is 9.80 Å². The minimum Gasteiger partial charge on any atom is -0.446 e. The summed E-state index contributed by atoms with van der Waals surface area (Å²) in [5, 5.41) is 17.8. The van der Waals surface area contributed by atoms with Crippen LogP contribution in [0.2, 0.25) is 0 Å². The number of amides is 1. The molecule has 0 aromatic heterocycles. The van der Waals surface area contributed by atoms with Gasteiger partial charge in [0.1, 0.15) is 18.5 Å². The van der Waals surface area contributed by atoms with Crippen LogP contribution in [0.15, 0.2) is 33.9 Å².